The highest BCUT2D eigenvalue weighted by Gasteiger charge is 2.42. The zero-order chi connectivity index (χ0) is 17.1. The predicted octanol–water partition coefficient (Wildman–Crippen LogP) is 2.44. The van der Waals surface area contributed by atoms with Crippen LogP contribution in [0.4, 0.5) is 4.79 Å². The van der Waals surface area contributed by atoms with Crippen molar-refractivity contribution in [2.24, 2.45) is 0 Å². The van der Waals surface area contributed by atoms with Gasteiger partial charge in [-0.05, 0) is 25.0 Å². The Hall–Kier alpha value is -2.12. The topological polar surface area (TPSA) is 88.3 Å². The van der Waals surface area contributed by atoms with Gasteiger partial charge in [0.25, 0.3) is 0 Å². The van der Waals surface area contributed by atoms with Crippen molar-refractivity contribution >= 4 is 17.1 Å². The largest absolute Gasteiger partial charge is 0.347 e. The molecule has 0 unspecified atom stereocenters. The van der Waals surface area contributed by atoms with Gasteiger partial charge >= 0.3 is 6.03 Å². The van der Waals surface area contributed by atoms with E-state index in [0.717, 1.165) is 42.5 Å². The summed E-state index contributed by atoms with van der Waals surface area (Å²) in [4.78, 5) is 19.6. The Labute approximate surface area is 146 Å². The molecule has 2 fully saturated rings. The number of amides is 2. The van der Waals surface area contributed by atoms with Crippen LogP contribution in [0.1, 0.15) is 37.9 Å². The fraction of sp³-hybridized carbons (Fsp3) is 0.556. The molecular formula is C18H24N4O3. The summed E-state index contributed by atoms with van der Waals surface area (Å²) in [5, 5.41) is 5.67. The third-order valence-electron chi connectivity index (χ3n) is 4.87. The molecular weight excluding hydrogens is 320 g/mol. The van der Waals surface area contributed by atoms with Crippen molar-refractivity contribution in [1.82, 2.24) is 20.6 Å². The van der Waals surface area contributed by atoms with Gasteiger partial charge in [0.2, 0.25) is 0 Å². The number of rotatable bonds is 4. The molecule has 1 aromatic carbocycles. The lowest BCUT2D eigenvalue weighted by Gasteiger charge is -2.31. The van der Waals surface area contributed by atoms with Crippen LogP contribution >= 0.6 is 0 Å². The molecule has 7 heteroatoms. The first-order valence-electron chi connectivity index (χ1n) is 9.00. The number of para-hydroxylation sites is 2. The van der Waals surface area contributed by atoms with E-state index < -0.39 is 5.79 Å². The van der Waals surface area contributed by atoms with E-state index in [1.165, 1.54) is 6.42 Å². The van der Waals surface area contributed by atoms with Crippen LogP contribution in [0.25, 0.3) is 11.0 Å². The molecule has 4 rings (SSSR count). The highest BCUT2D eigenvalue weighted by atomic mass is 16.7. The molecule has 2 aromatic rings. The third-order valence-corrected chi connectivity index (χ3v) is 4.87. The minimum atomic E-state index is -0.394. The number of benzene rings is 1. The van der Waals surface area contributed by atoms with Gasteiger partial charge in [0.05, 0.1) is 24.2 Å². The monoisotopic (exact) mass is 344 g/mol. The number of fused-ring (bicyclic) bond motifs is 1. The second-order valence-corrected chi connectivity index (χ2v) is 6.79. The van der Waals surface area contributed by atoms with E-state index in [4.69, 9.17) is 9.47 Å². The summed E-state index contributed by atoms with van der Waals surface area (Å²) < 4.78 is 11.9. The molecule has 1 saturated heterocycles. The van der Waals surface area contributed by atoms with Gasteiger partial charge in [-0.25, -0.2) is 9.78 Å². The number of ether oxygens (including phenoxy) is 2. The Bertz CT molecular complexity index is 706. The standard InChI is InChI=1S/C18H24N4O3/c23-17(20-11-16-21-14-6-2-3-7-15(14)22-16)19-10-13-12-24-18(25-13)8-4-1-5-9-18/h2-3,6-7,13H,1,4-5,8-12H2,(H,21,22)(H2,19,20,23)/t13-/m1/s1. The van der Waals surface area contributed by atoms with Crippen molar-refractivity contribution in [2.45, 2.75) is 50.5 Å². The molecule has 0 radical (unpaired) electrons. The number of hydrogen-bond acceptors (Lipinski definition) is 4. The van der Waals surface area contributed by atoms with Crippen LogP contribution in [0, 0.1) is 0 Å². The first kappa shape index (κ1) is 16.4. The smallest absolute Gasteiger partial charge is 0.315 e. The quantitative estimate of drug-likeness (QED) is 0.795. The molecule has 134 valence electrons. The highest BCUT2D eigenvalue weighted by Crippen LogP contribution is 2.37. The van der Waals surface area contributed by atoms with Crippen LogP contribution in [0.5, 0.6) is 0 Å². The summed E-state index contributed by atoms with van der Waals surface area (Å²) in [7, 11) is 0. The van der Waals surface area contributed by atoms with Crippen molar-refractivity contribution in [3.63, 3.8) is 0 Å². The predicted molar refractivity (Wildman–Crippen MR) is 93.0 cm³/mol. The minimum absolute atomic E-state index is 0.0740. The summed E-state index contributed by atoms with van der Waals surface area (Å²) in [5.74, 6) is 0.341. The minimum Gasteiger partial charge on any atom is -0.347 e. The van der Waals surface area contributed by atoms with Crippen molar-refractivity contribution in [3.05, 3.63) is 30.1 Å². The summed E-state index contributed by atoms with van der Waals surface area (Å²) in [6.45, 7) is 1.35. The lowest BCUT2D eigenvalue weighted by atomic mass is 9.94. The molecule has 25 heavy (non-hydrogen) atoms. The Kier molecular flexibility index (Phi) is 4.59. The number of urea groups is 1. The summed E-state index contributed by atoms with van der Waals surface area (Å²) in [6.07, 6.45) is 5.40. The molecule has 1 aromatic heterocycles. The number of aromatic amines is 1. The van der Waals surface area contributed by atoms with E-state index in [2.05, 4.69) is 20.6 Å². The van der Waals surface area contributed by atoms with Gasteiger partial charge in [0, 0.05) is 19.4 Å². The first-order valence-corrected chi connectivity index (χ1v) is 9.00. The maximum Gasteiger partial charge on any atom is 0.315 e. The Morgan fingerprint density at radius 2 is 2.08 bits per heavy atom. The van der Waals surface area contributed by atoms with Crippen LogP contribution in [0.3, 0.4) is 0 Å². The Morgan fingerprint density at radius 3 is 2.92 bits per heavy atom. The fourth-order valence-electron chi connectivity index (χ4n) is 3.59. The number of aromatic nitrogens is 2. The number of H-pyrrole nitrogens is 1. The number of nitrogens with one attached hydrogen (secondary N) is 3. The van der Waals surface area contributed by atoms with E-state index in [-0.39, 0.29) is 12.1 Å². The number of nitrogens with zero attached hydrogens (tertiary/aromatic N) is 1. The van der Waals surface area contributed by atoms with E-state index in [1.54, 1.807) is 0 Å². The second kappa shape index (κ2) is 7.01. The number of carbonyl (C=O) groups excluding carboxylic acids is 1. The Balaban J connectivity index is 1.21. The lowest BCUT2D eigenvalue weighted by Crippen LogP contribution is -2.41. The molecule has 2 heterocycles. The zero-order valence-electron chi connectivity index (χ0n) is 14.2. The van der Waals surface area contributed by atoms with Gasteiger partial charge in [-0.1, -0.05) is 18.6 Å². The number of imidazole rings is 1. The van der Waals surface area contributed by atoms with Gasteiger partial charge in [-0.3, -0.25) is 0 Å². The van der Waals surface area contributed by atoms with Crippen LogP contribution in [-0.4, -0.2) is 41.0 Å². The maximum atomic E-state index is 12.0. The average molecular weight is 344 g/mol. The maximum absolute atomic E-state index is 12.0. The highest BCUT2D eigenvalue weighted by molar-refractivity contribution is 5.75. The molecule has 1 saturated carbocycles. The van der Waals surface area contributed by atoms with Gasteiger partial charge in [0.15, 0.2) is 5.79 Å². The molecule has 1 atom stereocenters. The van der Waals surface area contributed by atoms with Crippen molar-refractivity contribution < 1.29 is 14.3 Å². The fourth-order valence-corrected chi connectivity index (χ4v) is 3.59. The summed E-state index contributed by atoms with van der Waals surface area (Å²) in [6, 6.07) is 7.56. The van der Waals surface area contributed by atoms with Crippen molar-refractivity contribution in [2.75, 3.05) is 13.2 Å². The van der Waals surface area contributed by atoms with Crippen LogP contribution in [0.2, 0.25) is 0 Å². The summed E-state index contributed by atoms with van der Waals surface area (Å²) in [5.41, 5.74) is 1.86. The van der Waals surface area contributed by atoms with E-state index in [1.807, 2.05) is 24.3 Å². The Morgan fingerprint density at radius 1 is 1.24 bits per heavy atom. The van der Waals surface area contributed by atoms with Gasteiger partial charge < -0.3 is 25.1 Å². The molecule has 2 amide bonds. The molecule has 0 bridgehead atoms. The summed E-state index contributed by atoms with van der Waals surface area (Å²) >= 11 is 0. The molecule has 2 aliphatic rings. The van der Waals surface area contributed by atoms with Crippen molar-refractivity contribution in [3.8, 4) is 0 Å². The van der Waals surface area contributed by atoms with Gasteiger partial charge in [0.1, 0.15) is 11.9 Å². The average Bonchev–Trinajstić information content (AvgIpc) is 3.23. The van der Waals surface area contributed by atoms with Crippen LogP contribution < -0.4 is 10.6 Å². The van der Waals surface area contributed by atoms with Gasteiger partial charge in [-0.15, -0.1) is 0 Å². The second-order valence-electron chi connectivity index (χ2n) is 6.79. The normalized spacial score (nSPS) is 22.3. The van der Waals surface area contributed by atoms with E-state index >= 15 is 0 Å². The molecule has 1 spiro atoms. The van der Waals surface area contributed by atoms with Crippen LogP contribution in [-0.2, 0) is 16.0 Å². The number of hydrogen-bond donors (Lipinski definition) is 3. The van der Waals surface area contributed by atoms with Crippen LogP contribution in [0.15, 0.2) is 24.3 Å². The first-order chi connectivity index (χ1) is 12.2. The van der Waals surface area contributed by atoms with Gasteiger partial charge in [-0.2, -0.15) is 0 Å². The zero-order valence-corrected chi connectivity index (χ0v) is 14.2. The molecule has 1 aliphatic carbocycles. The molecule has 7 nitrogen and oxygen atoms in total. The van der Waals surface area contributed by atoms with E-state index in [0.29, 0.717) is 19.7 Å². The molecule has 1 aliphatic heterocycles. The van der Waals surface area contributed by atoms with E-state index in [9.17, 15) is 4.79 Å². The molecule has 3 N–H and O–H groups in total. The number of carbonyl (C=O) groups is 1. The SMILES string of the molecule is O=C(NCc1nc2ccccc2[nH]1)NC[C@@H]1COC2(CCCCC2)O1. The lowest BCUT2D eigenvalue weighted by molar-refractivity contribution is -0.186. The third kappa shape index (κ3) is 3.77. The van der Waals surface area contributed by atoms with Crippen molar-refractivity contribution in [1.29, 1.82) is 0 Å².